The van der Waals surface area contributed by atoms with Crippen LogP contribution in [0, 0.1) is 11.8 Å². The minimum atomic E-state index is -0.685. The Bertz CT molecular complexity index is 1310. The number of benzene rings is 1. The van der Waals surface area contributed by atoms with Crippen molar-refractivity contribution in [2.24, 2.45) is 37.4 Å². The van der Waals surface area contributed by atoms with E-state index in [4.69, 9.17) is 23.3 Å². The van der Waals surface area contributed by atoms with Crippen LogP contribution in [0.15, 0.2) is 56.0 Å². The van der Waals surface area contributed by atoms with E-state index in [1.165, 1.54) is 0 Å². The van der Waals surface area contributed by atoms with Gasteiger partial charge < -0.3 is 21.9 Å². The van der Waals surface area contributed by atoms with Gasteiger partial charge in [0, 0.05) is 24.6 Å². The molecule has 1 aromatic carbocycles. The summed E-state index contributed by atoms with van der Waals surface area (Å²) in [7, 11) is 0. The van der Waals surface area contributed by atoms with E-state index in [-0.39, 0.29) is 39.9 Å². The first-order chi connectivity index (χ1) is 17.4. The highest BCUT2D eigenvalue weighted by atomic mass is 35.5. The van der Waals surface area contributed by atoms with E-state index in [1.54, 1.807) is 4.90 Å². The number of aromatic nitrogens is 2. The summed E-state index contributed by atoms with van der Waals surface area (Å²) in [4.78, 5) is 39.3. The molecule has 14 nitrogen and oxygen atoms in total. The third-order valence-electron chi connectivity index (χ3n) is 5.59. The summed E-state index contributed by atoms with van der Waals surface area (Å²) in [5, 5.41) is 19.0. The number of hydrogen-bond donors (Lipinski definition) is 4. The van der Waals surface area contributed by atoms with Gasteiger partial charge in [-0.3, -0.25) is 19.9 Å². The molecule has 2 aliphatic heterocycles. The molecule has 0 atom stereocenters. The first kappa shape index (κ1) is 24.5. The van der Waals surface area contributed by atoms with Gasteiger partial charge in [-0.1, -0.05) is 46.2 Å². The molecule has 1 saturated heterocycles. The highest BCUT2D eigenvalue weighted by Gasteiger charge is 2.40. The largest absolute Gasteiger partial charge is 0.349 e. The lowest BCUT2D eigenvalue weighted by atomic mass is 9.88. The van der Waals surface area contributed by atoms with Gasteiger partial charge in [-0.05, 0) is 25.0 Å². The Labute approximate surface area is 210 Å². The Kier molecular flexibility index (Phi) is 7.31. The van der Waals surface area contributed by atoms with Crippen molar-refractivity contribution in [3.63, 3.8) is 0 Å². The number of rotatable bonds is 3. The second-order valence-corrected chi connectivity index (χ2v) is 8.23. The number of aliphatic imine (C=N–C) groups is 1. The van der Waals surface area contributed by atoms with E-state index >= 15 is 0 Å². The Hall–Kier alpha value is -4.64. The fourth-order valence-electron chi connectivity index (χ4n) is 3.74. The van der Waals surface area contributed by atoms with Gasteiger partial charge in [0.25, 0.3) is 11.8 Å². The molecule has 2 amide bonds. The van der Waals surface area contributed by atoms with Crippen LogP contribution in [0.4, 0.5) is 11.6 Å². The van der Waals surface area contributed by atoms with Crippen molar-refractivity contribution in [2.45, 2.75) is 18.4 Å². The minimum Gasteiger partial charge on any atom is -0.349 e. The lowest BCUT2D eigenvalue weighted by Crippen LogP contribution is -2.56. The molecule has 0 bridgehead atoms. The number of nitrogens with zero attached hydrogens (tertiary/aromatic N) is 8. The number of nitrogens with two attached hydrogens (primary N) is 2. The fourth-order valence-corrected chi connectivity index (χ4v) is 3.90. The highest BCUT2D eigenvalue weighted by molar-refractivity contribution is 6.31. The summed E-state index contributed by atoms with van der Waals surface area (Å²) in [5.74, 6) is 14.7. The molecule has 15 heteroatoms. The molecule has 1 aromatic heterocycles. The van der Waals surface area contributed by atoms with Gasteiger partial charge in [0.2, 0.25) is 11.6 Å². The van der Waals surface area contributed by atoms with Gasteiger partial charge in [0.15, 0.2) is 16.8 Å². The number of amides is 2. The van der Waals surface area contributed by atoms with Crippen LogP contribution < -0.4 is 22.3 Å². The summed E-state index contributed by atoms with van der Waals surface area (Å²) in [6.45, 7) is 1.44. The van der Waals surface area contributed by atoms with Crippen LogP contribution >= 0.6 is 11.6 Å². The number of likely N-dealkylation sites (tertiary alicyclic amines) is 1. The van der Waals surface area contributed by atoms with Crippen LogP contribution in [0.3, 0.4) is 0 Å². The van der Waals surface area contributed by atoms with Gasteiger partial charge in [-0.2, -0.15) is 0 Å². The molecule has 0 unspecified atom stereocenters. The maximum absolute atomic E-state index is 12.8. The number of hydrogen-bond acceptors (Lipinski definition) is 10. The molecule has 0 saturated carbocycles. The van der Waals surface area contributed by atoms with Crippen LogP contribution in [-0.4, -0.2) is 57.8 Å². The van der Waals surface area contributed by atoms with E-state index in [1.807, 2.05) is 30.3 Å². The van der Waals surface area contributed by atoms with Crippen LogP contribution in [0.25, 0.3) is 0 Å². The van der Waals surface area contributed by atoms with Crippen molar-refractivity contribution in [1.29, 1.82) is 0 Å². The molecule has 36 heavy (non-hydrogen) atoms. The molecule has 4 rings (SSSR count). The molecule has 184 valence electrons. The zero-order valence-corrected chi connectivity index (χ0v) is 19.6. The van der Waals surface area contributed by atoms with Gasteiger partial charge in [0.1, 0.15) is 0 Å². The molecule has 0 aliphatic carbocycles. The highest BCUT2D eigenvalue weighted by Crippen LogP contribution is 2.28. The van der Waals surface area contributed by atoms with Crippen LogP contribution in [-0.2, 0) is 4.79 Å². The number of halogens is 1. The van der Waals surface area contributed by atoms with Gasteiger partial charge >= 0.3 is 0 Å². The molecular weight excluding hydrogens is 488 g/mol. The Morgan fingerprint density at radius 2 is 1.78 bits per heavy atom. The van der Waals surface area contributed by atoms with Crippen LogP contribution in [0.1, 0.15) is 28.9 Å². The standard InChI is InChI=1S/C21H21ClN12O2/c22-16-18(31-33-24)27-17(30-32-23)15(26-16)19(36)28-20-25-12-21(29-20)8-10-34(11-9-21)14(35)7-6-13-4-2-1-3-5-13/h1-5H,8-12H2,(H2,25,28,29,36)(H4,23,24,27,30,31). The molecule has 2 aromatic rings. The molecular formula is C21H21ClN12O2. The summed E-state index contributed by atoms with van der Waals surface area (Å²) >= 11 is 6.00. The van der Waals surface area contributed by atoms with E-state index < -0.39 is 5.91 Å². The number of nitrogens with one attached hydrogen (secondary N) is 2. The molecule has 2 aliphatic rings. The number of carbonyl (C=O) groups is 2. The summed E-state index contributed by atoms with van der Waals surface area (Å²) in [5.41, 5.74) is 0.153. The third kappa shape index (κ3) is 5.53. The van der Waals surface area contributed by atoms with Crippen molar-refractivity contribution in [3.8, 4) is 11.8 Å². The average Bonchev–Trinajstić information content (AvgIpc) is 3.27. The van der Waals surface area contributed by atoms with E-state index in [0.29, 0.717) is 32.5 Å². The molecule has 3 heterocycles. The molecule has 0 radical (unpaired) electrons. The Balaban J connectivity index is 1.36. The molecule has 1 spiro atoms. The third-order valence-corrected chi connectivity index (χ3v) is 5.84. The molecule has 1 fully saturated rings. The van der Waals surface area contributed by atoms with Crippen LogP contribution in [0.5, 0.6) is 0 Å². The van der Waals surface area contributed by atoms with Gasteiger partial charge in [0.05, 0.1) is 12.1 Å². The smallest absolute Gasteiger partial charge is 0.298 e. The Morgan fingerprint density at radius 3 is 2.47 bits per heavy atom. The zero-order valence-electron chi connectivity index (χ0n) is 18.8. The van der Waals surface area contributed by atoms with E-state index in [0.717, 1.165) is 5.56 Å². The summed E-state index contributed by atoms with van der Waals surface area (Å²) in [6, 6.07) is 9.33. The van der Waals surface area contributed by atoms with Crippen LogP contribution in [0.2, 0.25) is 5.15 Å². The first-order valence-corrected chi connectivity index (χ1v) is 11.1. The lowest BCUT2D eigenvalue weighted by Gasteiger charge is -2.38. The molecule has 6 N–H and O–H groups in total. The van der Waals surface area contributed by atoms with Gasteiger partial charge in [-0.15, -0.1) is 10.2 Å². The SMILES string of the molecule is NN=Nc1nc(N=NN)c(C(=O)NC2=NCC3(CCN(C(=O)C#Cc4ccccc4)CC3)N2)nc1Cl. The number of carbonyl (C=O) groups excluding carboxylic acids is 2. The van der Waals surface area contributed by atoms with Crippen molar-refractivity contribution >= 4 is 41.0 Å². The van der Waals surface area contributed by atoms with Crippen molar-refractivity contribution < 1.29 is 9.59 Å². The summed E-state index contributed by atoms with van der Waals surface area (Å²) < 4.78 is 0. The van der Waals surface area contributed by atoms with Gasteiger partial charge in [-0.25, -0.2) is 9.97 Å². The number of guanidine groups is 1. The quantitative estimate of drug-likeness (QED) is 0.206. The maximum Gasteiger partial charge on any atom is 0.298 e. The second-order valence-electron chi connectivity index (χ2n) is 7.87. The predicted octanol–water partition coefficient (Wildman–Crippen LogP) is 1.15. The monoisotopic (exact) mass is 508 g/mol. The average molecular weight is 509 g/mol. The second kappa shape index (κ2) is 10.7. The Morgan fingerprint density at radius 1 is 1.08 bits per heavy atom. The lowest BCUT2D eigenvalue weighted by molar-refractivity contribution is -0.126. The van der Waals surface area contributed by atoms with E-state index in [9.17, 15) is 9.59 Å². The summed E-state index contributed by atoms with van der Waals surface area (Å²) in [6.07, 6.45) is 1.26. The first-order valence-electron chi connectivity index (χ1n) is 10.7. The predicted molar refractivity (Wildman–Crippen MR) is 129 cm³/mol. The normalized spacial score (nSPS) is 16.5. The topological polar surface area (TPSA) is 201 Å². The van der Waals surface area contributed by atoms with Crippen molar-refractivity contribution in [2.75, 3.05) is 19.6 Å². The maximum atomic E-state index is 12.8. The minimum absolute atomic E-state index is 0.150. The van der Waals surface area contributed by atoms with E-state index in [2.05, 4.69) is 58.1 Å². The number of piperidine rings is 1. The zero-order chi connectivity index (χ0) is 25.5. The fraction of sp³-hybridized carbons (Fsp3) is 0.286. The van der Waals surface area contributed by atoms with Crippen molar-refractivity contribution in [3.05, 3.63) is 46.7 Å². The van der Waals surface area contributed by atoms with Crippen molar-refractivity contribution in [1.82, 2.24) is 25.5 Å².